The Morgan fingerprint density at radius 3 is 2.52 bits per heavy atom. The zero-order valence-corrected chi connectivity index (χ0v) is 17.6. The lowest BCUT2D eigenvalue weighted by molar-refractivity contribution is 0.0185. The number of hydrogen-bond acceptors (Lipinski definition) is 6. The van der Waals surface area contributed by atoms with Crippen molar-refractivity contribution >= 4 is 5.97 Å². The molecular formula is C25H25NO5. The molecule has 0 spiro atoms. The molecule has 1 heterocycles. The quantitative estimate of drug-likeness (QED) is 0.383. The number of esters is 1. The number of ether oxygens (including phenoxy) is 3. The summed E-state index contributed by atoms with van der Waals surface area (Å²) < 4.78 is 22.4. The van der Waals surface area contributed by atoms with Crippen molar-refractivity contribution in [2.24, 2.45) is 0 Å². The van der Waals surface area contributed by atoms with Gasteiger partial charge < -0.3 is 18.6 Å². The number of carbonyl (C=O) groups excluding carboxylic acids is 1. The Kier molecular flexibility index (Phi) is 6.60. The molecule has 6 heteroatoms. The van der Waals surface area contributed by atoms with E-state index in [0.29, 0.717) is 31.1 Å². The molecule has 3 aromatic rings. The van der Waals surface area contributed by atoms with Crippen molar-refractivity contribution in [3.63, 3.8) is 0 Å². The molecule has 0 N–H and O–H groups in total. The van der Waals surface area contributed by atoms with E-state index < -0.39 is 0 Å². The van der Waals surface area contributed by atoms with Crippen molar-refractivity contribution in [3.05, 3.63) is 89.3 Å². The molecule has 2 atom stereocenters. The van der Waals surface area contributed by atoms with Crippen molar-refractivity contribution < 1.29 is 23.4 Å². The standard InChI is InChI=1S/C25H25NO5/c1-17-7-6-10-19(23(17)25(27)28-2)14-29-21-11-12-22(13-21)30-15-20-16-31-24(26-20)18-8-4-3-5-9-18/h3-12,16,21-22H,13-15H2,1-2H3/t21-,22+/m1/s1. The van der Waals surface area contributed by atoms with Crippen molar-refractivity contribution in [3.8, 4) is 11.5 Å². The van der Waals surface area contributed by atoms with E-state index in [2.05, 4.69) is 4.98 Å². The van der Waals surface area contributed by atoms with Crippen molar-refractivity contribution in [2.75, 3.05) is 7.11 Å². The third-order valence-corrected chi connectivity index (χ3v) is 5.22. The summed E-state index contributed by atoms with van der Waals surface area (Å²) in [7, 11) is 1.39. The maximum absolute atomic E-state index is 12.1. The lowest BCUT2D eigenvalue weighted by Crippen LogP contribution is -2.16. The van der Waals surface area contributed by atoms with Crippen molar-refractivity contribution in [2.45, 2.75) is 38.8 Å². The molecule has 0 saturated heterocycles. The zero-order chi connectivity index (χ0) is 21.6. The highest BCUT2D eigenvalue weighted by Crippen LogP contribution is 2.23. The molecule has 0 radical (unpaired) electrons. The molecule has 1 aliphatic carbocycles. The minimum atomic E-state index is -0.345. The highest BCUT2D eigenvalue weighted by atomic mass is 16.5. The third-order valence-electron chi connectivity index (χ3n) is 5.22. The molecule has 0 saturated carbocycles. The van der Waals surface area contributed by atoms with Gasteiger partial charge in [0.1, 0.15) is 12.0 Å². The van der Waals surface area contributed by atoms with Crippen LogP contribution in [0.5, 0.6) is 0 Å². The molecule has 0 bridgehead atoms. The van der Waals surface area contributed by atoms with Crippen molar-refractivity contribution in [1.29, 1.82) is 0 Å². The fraction of sp³-hybridized carbons (Fsp3) is 0.280. The maximum Gasteiger partial charge on any atom is 0.338 e. The Balaban J connectivity index is 1.28. The van der Waals surface area contributed by atoms with Crippen LogP contribution in [0.1, 0.15) is 33.6 Å². The van der Waals surface area contributed by atoms with E-state index in [-0.39, 0.29) is 18.2 Å². The van der Waals surface area contributed by atoms with Gasteiger partial charge in [-0.15, -0.1) is 0 Å². The Hall–Kier alpha value is -3.22. The molecule has 4 rings (SSSR count). The molecule has 2 aromatic carbocycles. The van der Waals surface area contributed by atoms with E-state index in [1.165, 1.54) is 7.11 Å². The summed E-state index contributed by atoms with van der Waals surface area (Å²) in [6.45, 7) is 2.59. The predicted octanol–water partition coefficient (Wildman–Crippen LogP) is 4.87. The van der Waals surface area contributed by atoms with Crippen LogP contribution in [0.4, 0.5) is 0 Å². The molecular weight excluding hydrogens is 394 g/mol. The van der Waals surface area contributed by atoms with Crippen LogP contribution in [0, 0.1) is 6.92 Å². The molecule has 1 aliphatic rings. The lowest BCUT2D eigenvalue weighted by atomic mass is 10.0. The number of hydrogen-bond donors (Lipinski definition) is 0. The van der Waals surface area contributed by atoms with E-state index in [1.54, 1.807) is 6.26 Å². The predicted molar refractivity (Wildman–Crippen MR) is 115 cm³/mol. The van der Waals surface area contributed by atoms with Crippen LogP contribution in [-0.2, 0) is 27.4 Å². The van der Waals surface area contributed by atoms with Crippen LogP contribution in [0.2, 0.25) is 0 Å². The second kappa shape index (κ2) is 9.73. The number of carbonyl (C=O) groups is 1. The summed E-state index contributed by atoms with van der Waals surface area (Å²) in [5.41, 5.74) is 3.95. The first-order valence-corrected chi connectivity index (χ1v) is 10.2. The average Bonchev–Trinajstić information content (AvgIpc) is 3.46. The van der Waals surface area contributed by atoms with Gasteiger partial charge >= 0.3 is 5.97 Å². The third kappa shape index (κ3) is 5.10. The highest BCUT2D eigenvalue weighted by Gasteiger charge is 2.22. The molecule has 0 aliphatic heterocycles. The van der Waals surface area contributed by atoms with E-state index in [0.717, 1.165) is 22.4 Å². The molecule has 1 aromatic heterocycles. The number of methoxy groups -OCH3 is 1. The molecule has 31 heavy (non-hydrogen) atoms. The Bertz CT molecular complexity index is 1060. The number of rotatable bonds is 8. The maximum atomic E-state index is 12.1. The van der Waals surface area contributed by atoms with E-state index >= 15 is 0 Å². The van der Waals surface area contributed by atoms with Crippen LogP contribution in [0.15, 0.2) is 71.4 Å². The molecule has 0 amide bonds. The summed E-state index contributed by atoms with van der Waals surface area (Å²) in [5.74, 6) is 0.240. The largest absolute Gasteiger partial charge is 0.465 e. The van der Waals surface area contributed by atoms with E-state index in [1.807, 2.05) is 67.6 Å². The lowest BCUT2D eigenvalue weighted by Gasteiger charge is -2.15. The smallest absolute Gasteiger partial charge is 0.338 e. The Morgan fingerprint density at radius 1 is 1.03 bits per heavy atom. The van der Waals surface area contributed by atoms with Gasteiger partial charge in [0.25, 0.3) is 0 Å². The number of benzene rings is 2. The van der Waals surface area contributed by atoms with Crippen LogP contribution >= 0.6 is 0 Å². The van der Waals surface area contributed by atoms with Gasteiger partial charge in [0.2, 0.25) is 5.89 Å². The van der Waals surface area contributed by atoms with Gasteiger partial charge in [0.15, 0.2) is 0 Å². The van der Waals surface area contributed by atoms with Crippen LogP contribution < -0.4 is 0 Å². The summed E-state index contributed by atoms with van der Waals surface area (Å²) in [4.78, 5) is 16.6. The number of nitrogens with zero attached hydrogens (tertiary/aromatic N) is 1. The zero-order valence-electron chi connectivity index (χ0n) is 17.6. The molecule has 6 nitrogen and oxygen atoms in total. The van der Waals surface area contributed by atoms with Crippen LogP contribution in [0.3, 0.4) is 0 Å². The topological polar surface area (TPSA) is 70.8 Å². The van der Waals surface area contributed by atoms with Gasteiger partial charge in [-0.1, -0.05) is 48.6 Å². The van der Waals surface area contributed by atoms with Gasteiger partial charge in [-0.3, -0.25) is 0 Å². The van der Waals surface area contributed by atoms with E-state index in [9.17, 15) is 4.79 Å². The minimum absolute atomic E-state index is 0.0561. The summed E-state index contributed by atoms with van der Waals surface area (Å²) in [6.07, 6.45) is 6.20. The SMILES string of the molecule is COC(=O)c1c(C)cccc1CO[C@@H]1C=C[C@H](OCc2coc(-c3ccccc3)n2)C1. The fourth-order valence-electron chi connectivity index (χ4n) is 3.60. The van der Waals surface area contributed by atoms with Gasteiger partial charge in [-0.2, -0.15) is 0 Å². The van der Waals surface area contributed by atoms with Gasteiger partial charge in [-0.05, 0) is 30.2 Å². The van der Waals surface area contributed by atoms with Gasteiger partial charge in [0.05, 0.1) is 38.1 Å². The summed E-state index contributed by atoms with van der Waals surface area (Å²) in [6, 6.07) is 15.5. The minimum Gasteiger partial charge on any atom is -0.465 e. The normalized spacial score (nSPS) is 17.7. The fourth-order valence-corrected chi connectivity index (χ4v) is 3.60. The van der Waals surface area contributed by atoms with Gasteiger partial charge in [0, 0.05) is 12.0 Å². The number of oxazole rings is 1. The van der Waals surface area contributed by atoms with E-state index in [4.69, 9.17) is 18.6 Å². The molecule has 160 valence electrons. The molecule has 0 fully saturated rings. The summed E-state index contributed by atoms with van der Waals surface area (Å²) in [5, 5.41) is 0. The monoisotopic (exact) mass is 419 g/mol. The highest BCUT2D eigenvalue weighted by molar-refractivity contribution is 5.92. The number of aryl methyl sites for hydroxylation is 1. The number of aromatic nitrogens is 1. The van der Waals surface area contributed by atoms with Crippen molar-refractivity contribution in [1.82, 2.24) is 4.98 Å². The summed E-state index contributed by atoms with van der Waals surface area (Å²) >= 11 is 0. The first-order valence-electron chi connectivity index (χ1n) is 10.2. The van der Waals surface area contributed by atoms with Crippen LogP contribution in [-0.4, -0.2) is 30.3 Å². The van der Waals surface area contributed by atoms with Crippen LogP contribution in [0.25, 0.3) is 11.5 Å². The Labute approximate surface area is 181 Å². The molecule has 0 unspecified atom stereocenters. The Morgan fingerprint density at radius 2 is 1.77 bits per heavy atom. The van der Waals surface area contributed by atoms with Gasteiger partial charge in [-0.25, -0.2) is 9.78 Å². The first-order chi connectivity index (χ1) is 15.1. The second-order valence-corrected chi connectivity index (χ2v) is 7.43. The first kappa shape index (κ1) is 21.0. The second-order valence-electron chi connectivity index (χ2n) is 7.43. The average molecular weight is 419 g/mol.